The molecule has 4 aromatic rings. The minimum Gasteiger partial charge on any atom is -0.289 e. The first kappa shape index (κ1) is 18.4. The van der Waals surface area contributed by atoms with Crippen LogP contribution in [0.5, 0.6) is 0 Å². The van der Waals surface area contributed by atoms with E-state index in [0.29, 0.717) is 0 Å². The second-order valence-electron chi connectivity index (χ2n) is 8.21. The zero-order valence-corrected chi connectivity index (χ0v) is 17.6. The standard InChI is InChI=1S/C26H24OSi/c1-28(2,3)23-18-21-16-10-11-17-22(21)25(24(23)19-12-6-4-7-13-19)26(27)20-14-8-5-9-15-20/h4-18H,1-3H3. The second-order valence-corrected chi connectivity index (χ2v) is 13.2. The molecule has 4 aromatic carbocycles. The third kappa shape index (κ3) is 3.32. The highest BCUT2D eigenvalue weighted by molar-refractivity contribution is 6.90. The van der Waals surface area contributed by atoms with Gasteiger partial charge in [0, 0.05) is 11.1 Å². The van der Waals surface area contributed by atoms with Crippen LogP contribution in [0, 0.1) is 0 Å². The van der Waals surface area contributed by atoms with E-state index in [1.807, 2.05) is 42.5 Å². The van der Waals surface area contributed by atoms with Gasteiger partial charge in [0.25, 0.3) is 0 Å². The van der Waals surface area contributed by atoms with Gasteiger partial charge in [0.05, 0.1) is 8.07 Å². The van der Waals surface area contributed by atoms with Gasteiger partial charge < -0.3 is 0 Å². The summed E-state index contributed by atoms with van der Waals surface area (Å²) in [5.41, 5.74) is 3.78. The summed E-state index contributed by atoms with van der Waals surface area (Å²) in [6.45, 7) is 7.04. The maximum atomic E-state index is 13.7. The first-order chi connectivity index (χ1) is 13.5. The van der Waals surface area contributed by atoms with Crippen LogP contribution in [0.3, 0.4) is 0 Å². The monoisotopic (exact) mass is 380 g/mol. The summed E-state index contributed by atoms with van der Waals surface area (Å²) in [4.78, 5) is 13.7. The fourth-order valence-electron chi connectivity index (χ4n) is 3.81. The Kier molecular flexibility index (Phi) is 4.74. The minimum atomic E-state index is -1.71. The van der Waals surface area contributed by atoms with Gasteiger partial charge in [-0.25, -0.2) is 0 Å². The topological polar surface area (TPSA) is 17.1 Å². The van der Waals surface area contributed by atoms with Gasteiger partial charge in [-0.3, -0.25) is 4.79 Å². The van der Waals surface area contributed by atoms with Crippen molar-refractivity contribution in [1.29, 1.82) is 0 Å². The molecule has 0 saturated heterocycles. The molecule has 0 atom stereocenters. The van der Waals surface area contributed by atoms with Crippen LogP contribution < -0.4 is 5.19 Å². The summed E-state index contributed by atoms with van der Waals surface area (Å²) < 4.78 is 0. The number of hydrogen-bond donors (Lipinski definition) is 0. The van der Waals surface area contributed by atoms with E-state index in [2.05, 4.69) is 68.2 Å². The van der Waals surface area contributed by atoms with E-state index in [9.17, 15) is 4.79 Å². The van der Waals surface area contributed by atoms with E-state index in [1.54, 1.807) is 0 Å². The largest absolute Gasteiger partial charge is 0.289 e. The van der Waals surface area contributed by atoms with Gasteiger partial charge in [-0.1, -0.05) is 116 Å². The lowest BCUT2D eigenvalue weighted by Gasteiger charge is -2.25. The Morgan fingerprint density at radius 3 is 1.93 bits per heavy atom. The molecule has 0 aliphatic heterocycles. The molecule has 1 nitrogen and oxygen atoms in total. The third-order valence-electron chi connectivity index (χ3n) is 5.18. The summed E-state index contributed by atoms with van der Waals surface area (Å²) in [6.07, 6.45) is 0. The highest BCUT2D eigenvalue weighted by Gasteiger charge is 2.27. The van der Waals surface area contributed by atoms with Crippen molar-refractivity contribution in [2.45, 2.75) is 19.6 Å². The minimum absolute atomic E-state index is 0.0933. The Labute approximate surface area is 167 Å². The molecule has 0 amide bonds. The van der Waals surface area contributed by atoms with Crippen molar-refractivity contribution in [3.63, 3.8) is 0 Å². The van der Waals surface area contributed by atoms with E-state index in [1.165, 1.54) is 5.19 Å². The van der Waals surface area contributed by atoms with Gasteiger partial charge in [-0.05, 0) is 21.9 Å². The van der Waals surface area contributed by atoms with Crippen LogP contribution in [0.1, 0.15) is 15.9 Å². The maximum Gasteiger partial charge on any atom is 0.194 e. The fourth-order valence-corrected chi connectivity index (χ4v) is 5.42. The van der Waals surface area contributed by atoms with Crippen molar-refractivity contribution >= 4 is 29.8 Å². The second kappa shape index (κ2) is 7.21. The summed E-state index contributed by atoms with van der Waals surface area (Å²) in [5.74, 6) is 0.0933. The highest BCUT2D eigenvalue weighted by Crippen LogP contribution is 2.32. The van der Waals surface area contributed by atoms with E-state index >= 15 is 0 Å². The van der Waals surface area contributed by atoms with Crippen LogP contribution >= 0.6 is 0 Å². The first-order valence-electron chi connectivity index (χ1n) is 9.68. The molecule has 0 heterocycles. The number of carbonyl (C=O) groups excluding carboxylic acids is 1. The van der Waals surface area contributed by atoms with E-state index in [4.69, 9.17) is 0 Å². The lowest BCUT2D eigenvalue weighted by Crippen LogP contribution is -2.40. The molecule has 4 rings (SSSR count). The van der Waals surface area contributed by atoms with E-state index < -0.39 is 8.07 Å². The van der Waals surface area contributed by atoms with Gasteiger partial charge in [-0.15, -0.1) is 0 Å². The van der Waals surface area contributed by atoms with Gasteiger partial charge in [0.1, 0.15) is 0 Å². The van der Waals surface area contributed by atoms with Crippen molar-refractivity contribution < 1.29 is 4.79 Å². The number of carbonyl (C=O) groups is 1. The Bertz CT molecular complexity index is 1140. The van der Waals surface area contributed by atoms with Crippen LogP contribution in [0.2, 0.25) is 19.6 Å². The van der Waals surface area contributed by atoms with Crippen molar-refractivity contribution in [2.24, 2.45) is 0 Å². The first-order valence-corrected chi connectivity index (χ1v) is 13.2. The zero-order valence-electron chi connectivity index (χ0n) is 16.6. The van der Waals surface area contributed by atoms with Crippen LogP contribution in [-0.4, -0.2) is 13.9 Å². The highest BCUT2D eigenvalue weighted by atomic mass is 28.3. The average Bonchev–Trinajstić information content (AvgIpc) is 2.72. The smallest absolute Gasteiger partial charge is 0.194 e. The van der Waals surface area contributed by atoms with Crippen LogP contribution in [-0.2, 0) is 0 Å². The Hall–Kier alpha value is -2.97. The fraction of sp³-hybridized carbons (Fsp3) is 0.115. The van der Waals surface area contributed by atoms with Crippen LogP contribution in [0.15, 0.2) is 91.0 Å². The predicted octanol–water partition coefficient (Wildman–Crippen LogP) is 6.28. The van der Waals surface area contributed by atoms with Gasteiger partial charge in [0.2, 0.25) is 0 Å². The third-order valence-corrected chi connectivity index (χ3v) is 7.19. The molecule has 0 radical (unpaired) electrons. The molecule has 0 N–H and O–H groups in total. The number of ketones is 1. The lowest BCUT2D eigenvalue weighted by molar-refractivity contribution is 0.104. The molecule has 0 bridgehead atoms. The normalized spacial score (nSPS) is 11.5. The summed E-state index contributed by atoms with van der Waals surface area (Å²) in [6, 6.07) is 30.6. The molecule has 0 spiro atoms. The summed E-state index contributed by atoms with van der Waals surface area (Å²) >= 11 is 0. The Morgan fingerprint density at radius 2 is 1.29 bits per heavy atom. The molecule has 0 aliphatic carbocycles. The Morgan fingerprint density at radius 1 is 0.714 bits per heavy atom. The molecule has 28 heavy (non-hydrogen) atoms. The number of rotatable bonds is 4. The molecular formula is C26H24OSi. The number of fused-ring (bicyclic) bond motifs is 1. The summed E-state index contributed by atoms with van der Waals surface area (Å²) in [7, 11) is -1.71. The Balaban J connectivity index is 2.15. The maximum absolute atomic E-state index is 13.7. The van der Waals surface area contributed by atoms with Crippen molar-refractivity contribution in [3.8, 4) is 11.1 Å². The van der Waals surface area contributed by atoms with Crippen molar-refractivity contribution in [3.05, 3.63) is 102 Å². The molecule has 138 valence electrons. The molecule has 0 saturated carbocycles. The van der Waals surface area contributed by atoms with Crippen molar-refractivity contribution in [2.75, 3.05) is 0 Å². The SMILES string of the molecule is C[Si](C)(C)c1cc2ccccc2c(C(=O)c2ccccc2)c1-c1ccccc1. The van der Waals surface area contributed by atoms with E-state index in [-0.39, 0.29) is 5.78 Å². The van der Waals surface area contributed by atoms with Crippen molar-refractivity contribution in [1.82, 2.24) is 0 Å². The number of benzene rings is 4. The van der Waals surface area contributed by atoms with Gasteiger partial charge in [0.15, 0.2) is 5.78 Å². The molecule has 0 aliphatic rings. The van der Waals surface area contributed by atoms with Crippen LogP contribution in [0.4, 0.5) is 0 Å². The average molecular weight is 381 g/mol. The molecule has 0 fully saturated rings. The zero-order chi connectivity index (χ0) is 19.7. The lowest BCUT2D eigenvalue weighted by atomic mass is 9.89. The quantitative estimate of drug-likeness (QED) is 0.301. The predicted molar refractivity (Wildman–Crippen MR) is 122 cm³/mol. The molecular weight excluding hydrogens is 356 g/mol. The summed E-state index contributed by atoms with van der Waals surface area (Å²) in [5, 5.41) is 3.49. The van der Waals surface area contributed by atoms with Gasteiger partial charge in [-0.2, -0.15) is 0 Å². The van der Waals surface area contributed by atoms with Gasteiger partial charge >= 0.3 is 0 Å². The molecule has 0 aromatic heterocycles. The number of hydrogen-bond acceptors (Lipinski definition) is 1. The van der Waals surface area contributed by atoms with E-state index in [0.717, 1.165) is 33.0 Å². The van der Waals surface area contributed by atoms with Crippen LogP contribution in [0.25, 0.3) is 21.9 Å². The molecule has 0 unspecified atom stereocenters. The molecule has 2 heteroatoms.